The fourth-order valence-corrected chi connectivity index (χ4v) is 3.47. The highest BCUT2D eigenvalue weighted by atomic mass is 35.5. The minimum absolute atomic E-state index is 0.0482. The number of fused-ring (bicyclic) bond motifs is 1. The van der Waals surface area contributed by atoms with E-state index in [0.717, 1.165) is 5.56 Å². The second kappa shape index (κ2) is 5.72. The highest BCUT2D eigenvalue weighted by Gasteiger charge is 2.18. The maximum absolute atomic E-state index is 12.5. The van der Waals surface area contributed by atoms with E-state index in [-0.39, 0.29) is 21.4 Å². The summed E-state index contributed by atoms with van der Waals surface area (Å²) in [6.45, 7) is 1.88. The van der Waals surface area contributed by atoms with E-state index in [1.54, 1.807) is 24.3 Å². The maximum atomic E-state index is 12.5. The van der Waals surface area contributed by atoms with Crippen LogP contribution in [0.1, 0.15) is 5.56 Å². The van der Waals surface area contributed by atoms with Gasteiger partial charge in [-0.3, -0.25) is 9.71 Å². The number of rotatable bonds is 3. The van der Waals surface area contributed by atoms with Gasteiger partial charge in [-0.2, -0.15) is 0 Å². The average Bonchev–Trinajstić information content (AvgIpc) is 2.52. The summed E-state index contributed by atoms with van der Waals surface area (Å²) in [5, 5.41) is 10.4. The molecular weight excluding hydrogens is 336 g/mol. The number of sulfonamides is 1. The number of hydrogen-bond acceptors (Lipinski definition) is 4. The summed E-state index contributed by atoms with van der Waals surface area (Å²) in [4.78, 5) is 4.27. The van der Waals surface area contributed by atoms with Crippen LogP contribution >= 0.6 is 11.6 Å². The summed E-state index contributed by atoms with van der Waals surface area (Å²) in [5.74, 6) is -0.131. The maximum Gasteiger partial charge on any atom is 0.261 e. The third-order valence-corrected chi connectivity index (χ3v) is 5.06. The van der Waals surface area contributed by atoms with Crippen molar-refractivity contribution in [1.82, 2.24) is 4.98 Å². The van der Waals surface area contributed by atoms with E-state index in [4.69, 9.17) is 11.6 Å². The van der Waals surface area contributed by atoms with Crippen molar-refractivity contribution < 1.29 is 13.5 Å². The Bertz CT molecular complexity index is 986. The number of phenolic OH excluding ortho intramolecular Hbond substituents is 1. The number of aromatic nitrogens is 1. The zero-order valence-electron chi connectivity index (χ0n) is 12.1. The van der Waals surface area contributed by atoms with Gasteiger partial charge >= 0.3 is 0 Å². The normalized spacial score (nSPS) is 11.6. The summed E-state index contributed by atoms with van der Waals surface area (Å²) in [7, 11) is -3.78. The first-order valence-corrected chi connectivity index (χ1v) is 8.60. The number of hydrogen-bond donors (Lipinski definition) is 2. The number of anilines is 1. The van der Waals surface area contributed by atoms with E-state index in [0.29, 0.717) is 10.9 Å². The van der Waals surface area contributed by atoms with Crippen LogP contribution < -0.4 is 4.72 Å². The number of benzene rings is 2. The Balaban J connectivity index is 2.11. The van der Waals surface area contributed by atoms with Crippen molar-refractivity contribution in [1.29, 1.82) is 0 Å². The molecule has 2 aromatic carbocycles. The smallest absolute Gasteiger partial charge is 0.261 e. The van der Waals surface area contributed by atoms with Gasteiger partial charge in [0.15, 0.2) is 0 Å². The van der Waals surface area contributed by atoms with Crippen molar-refractivity contribution in [3.05, 3.63) is 59.2 Å². The monoisotopic (exact) mass is 348 g/mol. The second-order valence-corrected chi connectivity index (χ2v) is 7.16. The van der Waals surface area contributed by atoms with Gasteiger partial charge in [0.2, 0.25) is 0 Å². The number of nitrogens with zero attached hydrogens (tertiary/aromatic N) is 1. The second-order valence-electron chi connectivity index (χ2n) is 5.07. The minimum Gasteiger partial charge on any atom is -0.506 e. The highest BCUT2D eigenvalue weighted by molar-refractivity contribution is 7.92. The van der Waals surface area contributed by atoms with E-state index >= 15 is 0 Å². The molecule has 2 N–H and O–H groups in total. The van der Waals surface area contributed by atoms with Crippen molar-refractivity contribution in [2.45, 2.75) is 11.8 Å². The number of halogens is 1. The molecule has 0 fully saturated rings. The molecule has 1 heterocycles. The molecule has 0 aliphatic heterocycles. The molecule has 0 saturated carbocycles. The lowest BCUT2D eigenvalue weighted by molar-refractivity contribution is 0.482. The number of nitrogens with one attached hydrogen (secondary N) is 1. The fourth-order valence-electron chi connectivity index (χ4n) is 2.20. The lowest BCUT2D eigenvalue weighted by Gasteiger charge is -2.12. The van der Waals surface area contributed by atoms with Gasteiger partial charge in [0.25, 0.3) is 10.0 Å². The average molecular weight is 349 g/mol. The lowest BCUT2D eigenvalue weighted by Crippen LogP contribution is -2.13. The molecule has 0 bridgehead atoms. The molecule has 0 radical (unpaired) electrons. The molecule has 3 rings (SSSR count). The van der Waals surface area contributed by atoms with Crippen LogP contribution in [0.15, 0.2) is 53.6 Å². The van der Waals surface area contributed by atoms with Crippen LogP contribution in [0.3, 0.4) is 0 Å². The predicted molar refractivity (Wildman–Crippen MR) is 90.4 cm³/mol. The van der Waals surface area contributed by atoms with Gasteiger partial charge in [-0.05, 0) is 37.3 Å². The number of aryl methyl sites for hydroxylation is 1. The van der Waals surface area contributed by atoms with E-state index in [9.17, 15) is 13.5 Å². The Kier molecular flexibility index (Phi) is 3.87. The Hall–Kier alpha value is -2.31. The Morgan fingerprint density at radius 1 is 1.17 bits per heavy atom. The van der Waals surface area contributed by atoms with E-state index in [1.807, 2.05) is 6.92 Å². The van der Waals surface area contributed by atoms with Gasteiger partial charge in [0.05, 0.1) is 21.1 Å². The molecule has 7 heteroatoms. The number of aromatic hydroxyl groups is 1. The molecule has 1 aromatic heterocycles. The molecule has 3 aromatic rings. The van der Waals surface area contributed by atoms with Gasteiger partial charge in [-0.15, -0.1) is 0 Å². The molecule has 0 aliphatic carbocycles. The molecule has 0 amide bonds. The van der Waals surface area contributed by atoms with Crippen molar-refractivity contribution in [3.63, 3.8) is 0 Å². The van der Waals surface area contributed by atoms with Gasteiger partial charge in [-0.1, -0.05) is 29.3 Å². The topological polar surface area (TPSA) is 79.3 Å². The molecule has 0 saturated heterocycles. The van der Waals surface area contributed by atoms with Crippen molar-refractivity contribution in [3.8, 4) is 5.75 Å². The van der Waals surface area contributed by atoms with E-state index in [2.05, 4.69) is 9.71 Å². The molecule has 0 unspecified atom stereocenters. The SMILES string of the molecule is Cc1ccc(S(=O)(=O)Nc2cc(Cl)c(O)c3cccnc23)cc1. The van der Waals surface area contributed by atoms with E-state index in [1.165, 1.54) is 24.4 Å². The van der Waals surface area contributed by atoms with Gasteiger partial charge in [0, 0.05) is 11.6 Å². The van der Waals surface area contributed by atoms with E-state index < -0.39 is 10.0 Å². The third-order valence-electron chi connectivity index (χ3n) is 3.39. The highest BCUT2D eigenvalue weighted by Crippen LogP contribution is 2.37. The molecule has 0 spiro atoms. The lowest BCUT2D eigenvalue weighted by atomic mass is 10.2. The standard InChI is InChI=1S/C16H13ClN2O3S/c1-10-4-6-11(7-5-10)23(21,22)19-14-9-13(17)16(20)12-3-2-8-18-15(12)14/h2-9,19-20H,1H3. The molecule has 23 heavy (non-hydrogen) atoms. The van der Waals surface area contributed by atoms with Crippen molar-refractivity contribution >= 4 is 38.2 Å². The Morgan fingerprint density at radius 2 is 1.87 bits per heavy atom. The molecular formula is C16H13ClN2O3S. The van der Waals surface area contributed by atoms with Crippen LogP contribution in [0, 0.1) is 6.92 Å². The van der Waals surface area contributed by atoms with Crippen molar-refractivity contribution in [2.75, 3.05) is 4.72 Å². The molecule has 118 valence electrons. The van der Waals surface area contributed by atoms with Crippen LogP contribution in [0.2, 0.25) is 5.02 Å². The van der Waals surface area contributed by atoms with Gasteiger partial charge in [-0.25, -0.2) is 8.42 Å². The van der Waals surface area contributed by atoms with Crippen LogP contribution in [0.5, 0.6) is 5.75 Å². The molecule has 0 aliphatic rings. The first-order chi connectivity index (χ1) is 10.9. The third kappa shape index (κ3) is 2.95. The number of pyridine rings is 1. The summed E-state index contributed by atoms with van der Waals surface area (Å²) in [5.41, 5.74) is 1.50. The first kappa shape index (κ1) is 15.6. The first-order valence-electron chi connectivity index (χ1n) is 6.74. The summed E-state index contributed by atoms with van der Waals surface area (Å²) >= 11 is 5.98. The van der Waals surface area contributed by atoms with Crippen LogP contribution in [-0.4, -0.2) is 18.5 Å². The minimum atomic E-state index is -3.78. The van der Waals surface area contributed by atoms with Crippen molar-refractivity contribution in [2.24, 2.45) is 0 Å². The molecule has 0 atom stereocenters. The quantitative estimate of drug-likeness (QED) is 0.707. The van der Waals surface area contributed by atoms with Gasteiger partial charge < -0.3 is 5.11 Å². The summed E-state index contributed by atoms with van der Waals surface area (Å²) < 4.78 is 27.5. The number of phenols is 1. The zero-order chi connectivity index (χ0) is 16.6. The Labute approximate surface area is 138 Å². The summed E-state index contributed by atoms with van der Waals surface area (Å²) in [6, 6.07) is 11.1. The largest absolute Gasteiger partial charge is 0.506 e. The molecule has 5 nitrogen and oxygen atoms in total. The Morgan fingerprint density at radius 3 is 2.57 bits per heavy atom. The van der Waals surface area contributed by atoms with Crippen LogP contribution in [0.4, 0.5) is 5.69 Å². The van der Waals surface area contributed by atoms with Crippen LogP contribution in [-0.2, 0) is 10.0 Å². The van der Waals surface area contributed by atoms with Crippen LogP contribution in [0.25, 0.3) is 10.9 Å². The predicted octanol–water partition coefficient (Wildman–Crippen LogP) is 3.70. The fraction of sp³-hybridized carbons (Fsp3) is 0.0625. The zero-order valence-corrected chi connectivity index (χ0v) is 13.7. The van der Waals surface area contributed by atoms with Gasteiger partial charge in [0.1, 0.15) is 5.75 Å². The summed E-state index contributed by atoms with van der Waals surface area (Å²) in [6.07, 6.45) is 1.51.